The molecule has 1 N–H and O–H groups in total. The van der Waals surface area contributed by atoms with Gasteiger partial charge in [-0.3, -0.25) is 0 Å². The molecule has 0 spiro atoms. The predicted octanol–water partition coefficient (Wildman–Crippen LogP) is 2.54. The van der Waals surface area contributed by atoms with Crippen LogP contribution in [-0.2, 0) is 4.74 Å². The summed E-state index contributed by atoms with van der Waals surface area (Å²) in [5.74, 6) is 0.0690. The van der Waals surface area contributed by atoms with Gasteiger partial charge in [-0.15, -0.1) is 0 Å². The van der Waals surface area contributed by atoms with Gasteiger partial charge in [0.05, 0.1) is 23.9 Å². The van der Waals surface area contributed by atoms with Crippen molar-refractivity contribution in [2.45, 2.75) is 12.8 Å². The third-order valence-corrected chi connectivity index (χ3v) is 2.93. The van der Waals surface area contributed by atoms with Gasteiger partial charge in [0.1, 0.15) is 5.82 Å². The summed E-state index contributed by atoms with van der Waals surface area (Å²) in [6.07, 6.45) is 2.19. The first-order valence-corrected chi connectivity index (χ1v) is 5.81. The minimum atomic E-state index is -0.374. The van der Waals surface area contributed by atoms with Gasteiger partial charge in [0.15, 0.2) is 0 Å². The van der Waals surface area contributed by atoms with Crippen molar-refractivity contribution in [3.63, 3.8) is 0 Å². The van der Waals surface area contributed by atoms with Crippen molar-refractivity contribution in [1.29, 1.82) is 5.26 Å². The molecular formula is C13H15FN2O. The maximum absolute atomic E-state index is 13.5. The van der Waals surface area contributed by atoms with Crippen molar-refractivity contribution in [2.75, 3.05) is 25.1 Å². The van der Waals surface area contributed by atoms with E-state index < -0.39 is 0 Å². The fourth-order valence-electron chi connectivity index (χ4n) is 1.95. The Morgan fingerprint density at radius 1 is 1.53 bits per heavy atom. The number of hydrogen-bond donors (Lipinski definition) is 1. The molecule has 4 heteroatoms. The second-order valence-electron chi connectivity index (χ2n) is 4.27. The standard InChI is InChI=1S/C13H15FN2O/c14-12-6-10(7-15)3-4-13(12)16-8-11-2-1-5-17-9-11/h3-4,6,11,16H,1-2,5,8-9H2. The molecular weight excluding hydrogens is 219 g/mol. The summed E-state index contributed by atoms with van der Waals surface area (Å²) >= 11 is 0. The number of benzene rings is 1. The first kappa shape index (κ1) is 11.9. The largest absolute Gasteiger partial charge is 0.382 e. The van der Waals surface area contributed by atoms with Crippen LogP contribution in [0, 0.1) is 23.1 Å². The van der Waals surface area contributed by atoms with E-state index in [-0.39, 0.29) is 5.82 Å². The maximum Gasteiger partial charge on any atom is 0.147 e. The third-order valence-electron chi connectivity index (χ3n) is 2.93. The molecule has 1 aromatic rings. The predicted molar refractivity (Wildman–Crippen MR) is 63.1 cm³/mol. The van der Waals surface area contributed by atoms with E-state index in [1.807, 2.05) is 6.07 Å². The van der Waals surface area contributed by atoms with Crippen LogP contribution in [0.4, 0.5) is 10.1 Å². The molecule has 1 atom stereocenters. The van der Waals surface area contributed by atoms with Crippen LogP contribution in [0.15, 0.2) is 18.2 Å². The lowest BCUT2D eigenvalue weighted by Crippen LogP contribution is -2.24. The highest BCUT2D eigenvalue weighted by molar-refractivity contribution is 5.48. The summed E-state index contributed by atoms with van der Waals surface area (Å²) in [5.41, 5.74) is 0.795. The average Bonchev–Trinajstić information content (AvgIpc) is 2.38. The monoisotopic (exact) mass is 234 g/mol. The fourth-order valence-corrected chi connectivity index (χ4v) is 1.95. The van der Waals surface area contributed by atoms with Crippen molar-refractivity contribution in [3.8, 4) is 6.07 Å². The lowest BCUT2D eigenvalue weighted by atomic mass is 10.0. The summed E-state index contributed by atoms with van der Waals surface area (Å²) < 4.78 is 18.9. The van der Waals surface area contributed by atoms with Gasteiger partial charge in [0, 0.05) is 13.2 Å². The highest BCUT2D eigenvalue weighted by Gasteiger charge is 2.14. The van der Waals surface area contributed by atoms with Gasteiger partial charge < -0.3 is 10.1 Å². The smallest absolute Gasteiger partial charge is 0.147 e. The number of nitrogens with zero attached hydrogens (tertiary/aromatic N) is 1. The SMILES string of the molecule is N#Cc1ccc(NCC2CCCOC2)c(F)c1. The molecule has 1 heterocycles. The Morgan fingerprint density at radius 3 is 3.06 bits per heavy atom. The lowest BCUT2D eigenvalue weighted by Gasteiger charge is -2.22. The van der Waals surface area contributed by atoms with E-state index in [0.717, 1.165) is 26.1 Å². The molecule has 2 rings (SSSR count). The summed E-state index contributed by atoms with van der Waals surface area (Å²) in [7, 11) is 0. The van der Waals surface area contributed by atoms with Gasteiger partial charge >= 0.3 is 0 Å². The molecule has 17 heavy (non-hydrogen) atoms. The zero-order chi connectivity index (χ0) is 12.1. The number of anilines is 1. The van der Waals surface area contributed by atoms with Crippen molar-refractivity contribution in [1.82, 2.24) is 0 Å². The summed E-state index contributed by atoms with van der Waals surface area (Å²) in [4.78, 5) is 0. The van der Waals surface area contributed by atoms with Gasteiger partial charge in [-0.2, -0.15) is 5.26 Å². The number of nitriles is 1. The Labute approximate surface area is 100 Å². The molecule has 3 nitrogen and oxygen atoms in total. The molecule has 0 aromatic heterocycles. The maximum atomic E-state index is 13.5. The van der Waals surface area contributed by atoms with Gasteiger partial charge in [0.2, 0.25) is 0 Å². The minimum absolute atomic E-state index is 0.342. The van der Waals surface area contributed by atoms with E-state index >= 15 is 0 Å². The van der Waals surface area contributed by atoms with E-state index in [4.69, 9.17) is 10.00 Å². The van der Waals surface area contributed by atoms with Crippen molar-refractivity contribution in [2.24, 2.45) is 5.92 Å². The minimum Gasteiger partial charge on any atom is -0.382 e. The van der Waals surface area contributed by atoms with Gasteiger partial charge in [-0.25, -0.2) is 4.39 Å². The molecule has 0 aliphatic carbocycles. The van der Waals surface area contributed by atoms with E-state index in [2.05, 4.69) is 5.32 Å². The molecule has 1 unspecified atom stereocenters. The molecule has 0 saturated carbocycles. The van der Waals surface area contributed by atoms with Gasteiger partial charge in [0.25, 0.3) is 0 Å². The first-order valence-electron chi connectivity index (χ1n) is 5.81. The zero-order valence-corrected chi connectivity index (χ0v) is 9.58. The second-order valence-corrected chi connectivity index (χ2v) is 4.27. The van der Waals surface area contributed by atoms with Crippen LogP contribution in [0.25, 0.3) is 0 Å². The van der Waals surface area contributed by atoms with Crippen LogP contribution in [0.5, 0.6) is 0 Å². The Morgan fingerprint density at radius 2 is 2.41 bits per heavy atom. The van der Waals surface area contributed by atoms with Crippen molar-refractivity contribution < 1.29 is 9.13 Å². The number of rotatable bonds is 3. The van der Waals surface area contributed by atoms with Crippen LogP contribution in [0.3, 0.4) is 0 Å². The second kappa shape index (κ2) is 5.65. The van der Waals surface area contributed by atoms with Crippen LogP contribution in [-0.4, -0.2) is 19.8 Å². The Kier molecular flexibility index (Phi) is 3.94. The highest BCUT2D eigenvalue weighted by atomic mass is 19.1. The van der Waals surface area contributed by atoms with Crippen LogP contribution < -0.4 is 5.32 Å². The molecule has 0 bridgehead atoms. The molecule has 0 radical (unpaired) electrons. The molecule has 0 amide bonds. The zero-order valence-electron chi connectivity index (χ0n) is 9.58. The van der Waals surface area contributed by atoms with Crippen molar-refractivity contribution >= 4 is 5.69 Å². The summed E-state index contributed by atoms with van der Waals surface area (Å²) in [6.45, 7) is 2.29. The van der Waals surface area contributed by atoms with E-state index in [9.17, 15) is 4.39 Å². The Hall–Kier alpha value is -1.60. The quantitative estimate of drug-likeness (QED) is 0.874. The van der Waals surface area contributed by atoms with E-state index in [1.54, 1.807) is 12.1 Å². The van der Waals surface area contributed by atoms with Gasteiger partial charge in [-0.1, -0.05) is 0 Å². The van der Waals surface area contributed by atoms with Gasteiger partial charge in [-0.05, 0) is 37.0 Å². The third kappa shape index (κ3) is 3.18. The highest BCUT2D eigenvalue weighted by Crippen LogP contribution is 2.18. The van der Waals surface area contributed by atoms with Crippen LogP contribution >= 0.6 is 0 Å². The number of ether oxygens (including phenoxy) is 1. The molecule has 1 saturated heterocycles. The normalized spacial score (nSPS) is 19.6. The lowest BCUT2D eigenvalue weighted by molar-refractivity contribution is 0.0595. The summed E-state index contributed by atoms with van der Waals surface area (Å²) in [6, 6.07) is 6.38. The van der Waals surface area contributed by atoms with Crippen LogP contribution in [0.2, 0.25) is 0 Å². The molecule has 1 fully saturated rings. The first-order chi connectivity index (χ1) is 8.29. The Bertz CT molecular complexity index is 422. The molecule has 90 valence electrons. The van der Waals surface area contributed by atoms with E-state index in [0.29, 0.717) is 23.7 Å². The fraction of sp³-hybridized carbons (Fsp3) is 0.462. The van der Waals surface area contributed by atoms with Crippen molar-refractivity contribution in [3.05, 3.63) is 29.6 Å². The molecule has 1 aromatic carbocycles. The topological polar surface area (TPSA) is 45.0 Å². The average molecular weight is 234 g/mol. The molecule has 1 aliphatic heterocycles. The molecule has 1 aliphatic rings. The Balaban J connectivity index is 1.92. The number of nitrogens with one attached hydrogen (secondary N) is 1. The van der Waals surface area contributed by atoms with E-state index in [1.165, 1.54) is 6.07 Å². The summed E-state index contributed by atoms with van der Waals surface area (Å²) in [5, 5.41) is 11.7. The number of halogens is 1. The van der Waals surface area contributed by atoms with Crippen LogP contribution in [0.1, 0.15) is 18.4 Å². The number of hydrogen-bond acceptors (Lipinski definition) is 3.